The highest BCUT2D eigenvalue weighted by Gasteiger charge is 2.15. The zero-order valence-electron chi connectivity index (χ0n) is 11.5. The molecule has 7 heteroatoms. The van der Waals surface area contributed by atoms with Crippen LogP contribution in [0.5, 0.6) is 0 Å². The smallest absolute Gasteiger partial charge is 0.234 e. The molecule has 0 rings (SSSR count). The lowest BCUT2D eigenvalue weighted by atomic mass is 10.2. The number of nitrogens with zero attached hydrogens (tertiary/aromatic N) is 1. The maximum atomic E-state index is 11.2. The first-order valence-electron chi connectivity index (χ1n) is 6.15. The van der Waals surface area contributed by atoms with Crippen molar-refractivity contribution in [1.29, 1.82) is 0 Å². The molecule has 0 saturated carbocycles. The van der Waals surface area contributed by atoms with Crippen molar-refractivity contribution in [3.8, 4) is 0 Å². The van der Waals surface area contributed by atoms with Gasteiger partial charge in [0.2, 0.25) is 5.91 Å². The van der Waals surface area contributed by atoms with E-state index in [1.165, 1.54) is 6.26 Å². The third-order valence-electron chi connectivity index (χ3n) is 2.63. The number of carbonyl (C=O) groups is 1. The Hall–Kier alpha value is -0.660. The van der Waals surface area contributed by atoms with Crippen LogP contribution in [-0.2, 0) is 14.6 Å². The Bertz CT molecular complexity index is 343. The number of hydrogen-bond donors (Lipinski definition) is 2. The van der Waals surface area contributed by atoms with E-state index < -0.39 is 9.84 Å². The summed E-state index contributed by atoms with van der Waals surface area (Å²) in [7, 11) is -1.10. The molecule has 0 fully saturated rings. The standard InChI is InChI=1S/C11H25N3O3S/c1-4-6-13-10(11(12)15)5-7-14(2)8-9-18(3,16)17/h10,13H,4-9H2,1-3H3,(H2,12,15). The second-order valence-corrected chi connectivity index (χ2v) is 6.89. The van der Waals surface area contributed by atoms with Gasteiger partial charge in [-0.2, -0.15) is 0 Å². The molecule has 0 aliphatic heterocycles. The summed E-state index contributed by atoms with van der Waals surface area (Å²) in [4.78, 5) is 13.1. The summed E-state index contributed by atoms with van der Waals surface area (Å²) in [5.41, 5.74) is 5.29. The van der Waals surface area contributed by atoms with Crippen molar-refractivity contribution in [2.45, 2.75) is 25.8 Å². The molecule has 1 atom stereocenters. The van der Waals surface area contributed by atoms with E-state index in [0.717, 1.165) is 13.0 Å². The van der Waals surface area contributed by atoms with Crippen molar-refractivity contribution in [2.24, 2.45) is 5.73 Å². The number of nitrogens with one attached hydrogen (secondary N) is 1. The van der Waals surface area contributed by atoms with Gasteiger partial charge in [-0.05, 0) is 33.0 Å². The summed E-state index contributed by atoms with van der Waals surface area (Å²) in [5.74, 6) is -0.229. The van der Waals surface area contributed by atoms with Crippen LogP contribution in [0.3, 0.4) is 0 Å². The topological polar surface area (TPSA) is 92.5 Å². The van der Waals surface area contributed by atoms with Crippen molar-refractivity contribution in [1.82, 2.24) is 10.2 Å². The van der Waals surface area contributed by atoms with Gasteiger partial charge in [0.1, 0.15) is 9.84 Å². The summed E-state index contributed by atoms with van der Waals surface area (Å²) in [6.07, 6.45) is 2.75. The molecule has 0 saturated heterocycles. The lowest BCUT2D eigenvalue weighted by Crippen LogP contribution is -2.43. The molecule has 108 valence electrons. The number of primary amides is 1. The van der Waals surface area contributed by atoms with E-state index in [2.05, 4.69) is 5.32 Å². The van der Waals surface area contributed by atoms with Crippen molar-refractivity contribution >= 4 is 15.7 Å². The van der Waals surface area contributed by atoms with E-state index in [1.54, 1.807) is 0 Å². The predicted octanol–water partition coefficient (Wildman–Crippen LogP) is -0.794. The van der Waals surface area contributed by atoms with E-state index in [4.69, 9.17) is 5.73 Å². The summed E-state index contributed by atoms with van der Waals surface area (Å²) in [6.45, 7) is 3.88. The molecule has 1 unspecified atom stereocenters. The maximum Gasteiger partial charge on any atom is 0.234 e. The van der Waals surface area contributed by atoms with Gasteiger partial charge in [-0.25, -0.2) is 8.42 Å². The second-order valence-electron chi connectivity index (χ2n) is 4.63. The first-order chi connectivity index (χ1) is 8.26. The van der Waals surface area contributed by atoms with Crippen molar-refractivity contribution in [3.05, 3.63) is 0 Å². The number of rotatable bonds is 10. The molecular weight excluding hydrogens is 254 g/mol. The van der Waals surface area contributed by atoms with Gasteiger partial charge in [0.05, 0.1) is 11.8 Å². The number of hydrogen-bond acceptors (Lipinski definition) is 5. The van der Waals surface area contributed by atoms with E-state index in [9.17, 15) is 13.2 Å². The van der Waals surface area contributed by atoms with Crippen LogP contribution < -0.4 is 11.1 Å². The third-order valence-corrected chi connectivity index (χ3v) is 3.55. The number of sulfone groups is 1. The molecule has 0 aliphatic carbocycles. The van der Waals surface area contributed by atoms with Gasteiger partial charge in [0, 0.05) is 12.8 Å². The molecule has 0 radical (unpaired) electrons. The molecule has 0 aromatic rings. The summed E-state index contributed by atoms with van der Waals surface area (Å²) in [5, 5.41) is 3.08. The average Bonchev–Trinajstić information content (AvgIpc) is 2.25. The van der Waals surface area contributed by atoms with Crippen LogP contribution in [0.25, 0.3) is 0 Å². The lowest BCUT2D eigenvalue weighted by Gasteiger charge is -2.20. The van der Waals surface area contributed by atoms with Crippen LogP contribution in [0, 0.1) is 0 Å². The molecule has 0 aromatic carbocycles. The summed E-state index contributed by atoms with van der Waals surface area (Å²) < 4.78 is 22.0. The first kappa shape index (κ1) is 17.3. The van der Waals surface area contributed by atoms with E-state index in [-0.39, 0.29) is 17.7 Å². The van der Waals surface area contributed by atoms with Gasteiger partial charge in [0.15, 0.2) is 0 Å². The molecule has 18 heavy (non-hydrogen) atoms. The van der Waals surface area contributed by atoms with Gasteiger partial charge in [-0.3, -0.25) is 4.79 Å². The van der Waals surface area contributed by atoms with Crippen LogP contribution in [0.4, 0.5) is 0 Å². The fourth-order valence-corrected chi connectivity index (χ4v) is 2.09. The summed E-state index contributed by atoms with van der Waals surface area (Å²) >= 11 is 0. The van der Waals surface area contributed by atoms with Gasteiger partial charge in [0.25, 0.3) is 0 Å². The number of nitrogens with two attached hydrogens (primary N) is 1. The highest BCUT2D eigenvalue weighted by Crippen LogP contribution is 1.96. The van der Waals surface area contributed by atoms with Gasteiger partial charge < -0.3 is 16.0 Å². The van der Waals surface area contributed by atoms with Gasteiger partial charge >= 0.3 is 0 Å². The Morgan fingerprint density at radius 2 is 2.00 bits per heavy atom. The Morgan fingerprint density at radius 1 is 1.39 bits per heavy atom. The van der Waals surface area contributed by atoms with E-state index in [1.807, 2.05) is 18.9 Å². The molecular formula is C11H25N3O3S. The molecule has 1 amide bonds. The fraction of sp³-hybridized carbons (Fsp3) is 0.909. The number of carbonyl (C=O) groups excluding carboxylic acids is 1. The zero-order valence-corrected chi connectivity index (χ0v) is 12.3. The number of amides is 1. The van der Waals surface area contributed by atoms with Crippen LogP contribution in [0.15, 0.2) is 0 Å². The highest BCUT2D eigenvalue weighted by atomic mass is 32.2. The Kier molecular flexibility index (Phi) is 8.13. The monoisotopic (exact) mass is 279 g/mol. The molecule has 3 N–H and O–H groups in total. The molecule has 0 spiro atoms. The summed E-state index contributed by atoms with van der Waals surface area (Å²) in [6, 6.07) is -0.342. The van der Waals surface area contributed by atoms with Crippen molar-refractivity contribution < 1.29 is 13.2 Å². The Labute approximate surface area is 110 Å². The molecule has 0 heterocycles. The maximum absolute atomic E-state index is 11.2. The molecule has 0 bridgehead atoms. The minimum absolute atomic E-state index is 0.132. The fourth-order valence-electron chi connectivity index (χ4n) is 1.45. The lowest BCUT2D eigenvalue weighted by molar-refractivity contribution is -0.120. The van der Waals surface area contributed by atoms with Crippen LogP contribution in [0.2, 0.25) is 0 Å². The highest BCUT2D eigenvalue weighted by molar-refractivity contribution is 7.90. The van der Waals surface area contributed by atoms with Crippen LogP contribution >= 0.6 is 0 Å². The SMILES string of the molecule is CCCNC(CCN(C)CCS(C)(=O)=O)C(N)=O. The third kappa shape index (κ3) is 9.38. The normalized spacial score (nSPS) is 13.8. The zero-order chi connectivity index (χ0) is 14.2. The Balaban J connectivity index is 3.99. The van der Waals surface area contributed by atoms with Gasteiger partial charge in [-0.15, -0.1) is 0 Å². The van der Waals surface area contributed by atoms with Crippen LogP contribution in [-0.4, -0.2) is 64.0 Å². The average molecular weight is 279 g/mol. The van der Waals surface area contributed by atoms with Crippen LogP contribution in [0.1, 0.15) is 19.8 Å². The van der Waals surface area contributed by atoms with Crippen molar-refractivity contribution in [3.63, 3.8) is 0 Å². The van der Waals surface area contributed by atoms with E-state index >= 15 is 0 Å². The largest absolute Gasteiger partial charge is 0.368 e. The molecule has 0 aliphatic rings. The van der Waals surface area contributed by atoms with Crippen molar-refractivity contribution in [2.75, 3.05) is 38.7 Å². The van der Waals surface area contributed by atoms with E-state index in [0.29, 0.717) is 19.5 Å². The quantitative estimate of drug-likeness (QED) is 0.546. The second kappa shape index (κ2) is 8.44. The molecule has 0 aromatic heterocycles. The molecule has 6 nitrogen and oxygen atoms in total. The Morgan fingerprint density at radius 3 is 2.44 bits per heavy atom. The predicted molar refractivity (Wildman–Crippen MR) is 73.1 cm³/mol. The first-order valence-corrected chi connectivity index (χ1v) is 8.21. The minimum atomic E-state index is -2.94. The minimum Gasteiger partial charge on any atom is -0.368 e. The van der Waals surface area contributed by atoms with Gasteiger partial charge in [-0.1, -0.05) is 6.92 Å².